The monoisotopic (exact) mass is 278 g/mol. The minimum Gasteiger partial charge on any atom is -0.504 e. The lowest BCUT2D eigenvalue weighted by Crippen LogP contribution is -2.55. The highest BCUT2D eigenvalue weighted by Crippen LogP contribution is 2.31. The van der Waals surface area contributed by atoms with E-state index in [-0.39, 0.29) is 34.8 Å². The summed E-state index contributed by atoms with van der Waals surface area (Å²) in [5.41, 5.74) is 0.193. The number of hydrogen-bond acceptors (Lipinski definition) is 4. The summed E-state index contributed by atoms with van der Waals surface area (Å²) >= 11 is 0. The van der Waals surface area contributed by atoms with Gasteiger partial charge in [0, 0.05) is 19.6 Å². The first-order valence-corrected chi connectivity index (χ1v) is 6.51. The molecule has 0 atom stereocenters. The Morgan fingerprint density at radius 1 is 1.45 bits per heavy atom. The van der Waals surface area contributed by atoms with Crippen molar-refractivity contribution in [1.29, 1.82) is 0 Å². The molecule has 0 radical (unpaired) electrons. The summed E-state index contributed by atoms with van der Waals surface area (Å²) < 4.78 is 4.97. The van der Waals surface area contributed by atoms with Gasteiger partial charge in [0.15, 0.2) is 11.5 Å². The number of benzene rings is 1. The predicted octanol–water partition coefficient (Wildman–Crippen LogP) is 0.609. The molecule has 0 saturated carbocycles. The number of amides is 2. The Labute approximate surface area is 117 Å². The summed E-state index contributed by atoms with van der Waals surface area (Å²) in [6.07, 6.45) is 0. The van der Waals surface area contributed by atoms with Crippen LogP contribution in [0.3, 0.4) is 0 Å². The molecule has 0 bridgehead atoms. The van der Waals surface area contributed by atoms with Crippen LogP contribution in [0.15, 0.2) is 18.2 Å². The van der Waals surface area contributed by atoms with Crippen LogP contribution in [0.25, 0.3) is 0 Å². The SMILES string of the molecule is CCNC(=O)C1CN(C(=O)c2cccc(OC)c2O)C1. The van der Waals surface area contributed by atoms with Crippen molar-refractivity contribution in [2.45, 2.75) is 6.92 Å². The number of rotatable bonds is 4. The smallest absolute Gasteiger partial charge is 0.257 e. The highest BCUT2D eigenvalue weighted by atomic mass is 16.5. The molecule has 1 saturated heterocycles. The number of nitrogens with zero attached hydrogens (tertiary/aromatic N) is 1. The first-order chi connectivity index (χ1) is 9.58. The van der Waals surface area contributed by atoms with Crippen LogP contribution in [0.1, 0.15) is 17.3 Å². The van der Waals surface area contributed by atoms with Gasteiger partial charge in [0.1, 0.15) is 0 Å². The number of phenols is 1. The van der Waals surface area contributed by atoms with E-state index in [4.69, 9.17) is 4.74 Å². The van der Waals surface area contributed by atoms with Crippen molar-refractivity contribution in [3.8, 4) is 11.5 Å². The number of nitrogens with one attached hydrogen (secondary N) is 1. The molecule has 0 aliphatic carbocycles. The molecule has 20 heavy (non-hydrogen) atoms. The fraction of sp³-hybridized carbons (Fsp3) is 0.429. The normalized spacial score (nSPS) is 14.6. The Morgan fingerprint density at radius 2 is 2.15 bits per heavy atom. The van der Waals surface area contributed by atoms with Gasteiger partial charge in [0.05, 0.1) is 18.6 Å². The zero-order chi connectivity index (χ0) is 14.7. The second-order valence-corrected chi connectivity index (χ2v) is 4.66. The van der Waals surface area contributed by atoms with Gasteiger partial charge in [-0.2, -0.15) is 0 Å². The van der Waals surface area contributed by atoms with Gasteiger partial charge < -0.3 is 20.1 Å². The number of aromatic hydroxyl groups is 1. The largest absolute Gasteiger partial charge is 0.504 e. The summed E-state index contributed by atoms with van der Waals surface area (Å²) in [4.78, 5) is 25.3. The van der Waals surface area contributed by atoms with E-state index < -0.39 is 0 Å². The maximum atomic E-state index is 12.2. The van der Waals surface area contributed by atoms with E-state index in [1.807, 2.05) is 6.92 Å². The predicted molar refractivity (Wildman–Crippen MR) is 72.7 cm³/mol. The molecule has 1 fully saturated rings. The molecular weight excluding hydrogens is 260 g/mol. The molecule has 2 amide bonds. The van der Waals surface area contributed by atoms with Crippen molar-refractivity contribution in [2.75, 3.05) is 26.7 Å². The van der Waals surface area contributed by atoms with Gasteiger partial charge in [-0.1, -0.05) is 6.07 Å². The second-order valence-electron chi connectivity index (χ2n) is 4.66. The molecular formula is C14H18N2O4. The first kappa shape index (κ1) is 14.2. The highest BCUT2D eigenvalue weighted by molar-refractivity contribution is 5.99. The van der Waals surface area contributed by atoms with Crippen LogP contribution in [-0.2, 0) is 4.79 Å². The van der Waals surface area contributed by atoms with Crippen LogP contribution in [0, 0.1) is 5.92 Å². The van der Waals surface area contributed by atoms with E-state index in [9.17, 15) is 14.7 Å². The third-order valence-electron chi connectivity index (χ3n) is 3.34. The van der Waals surface area contributed by atoms with Gasteiger partial charge in [-0.25, -0.2) is 0 Å². The molecule has 2 rings (SSSR count). The van der Waals surface area contributed by atoms with Crippen molar-refractivity contribution in [3.05, 3.63) is 23.8 Å². The van der Waals surface area contributed by atoms with Crippen molar-refractivity contribution in [3.63, 3.8) is 0 Å². The van der Waals surface area contributed by atoms with E-state index in [0.717, 1.165) is 0 Å². The van der Waals surface area contributed by atoms with E-state index in [0.29, 0.717) is 19.6 Å². The van der Waals surface area contributed by atoms with E-state index in [1.54, 1.807) is 18.2 Å². The zero-order valence-electron chi connectivity index (χ0n) is 11.5. The van der Waals surface area contributed by atoms with E-state index >= 15 is 0 Å². The fourth-order valence-corrected chi connectivity index (χ4v) is 2.16. The number of methoxy groups -OCH3 is 1. The molecule has 1 aromatic carbocycles. The van der Waals surface area contributed by atoms with Crippen molar-refractivity contribution in [1.82, 2.24) is 10.2 Å². The second kappa shape index (κ2) is 5.81. The molecule has 2 N–H and O–H groups in total. The third-order valence-corrected chi connectivity index (χ3v) is 3.34. The summed E-state index contributed by atoms with van der Waals surface area (Å²) in [6, 6.07) is 4.77. The van der Waals surface area contributed by atoms with Crippen LogP contribution in [0.4, 0.5) is 0 Å². The fourth-order valence-electron chi connectivity index (χ4n) is 2.16. The van der Waals surface area contributed by atoms with Crippen molar-refractivity contribution >= 4 is 11.8 Å². The molecule has 1 aromatic rings. The van der Waals surface area contributed by atoms with Crippen LogP contribution in [-0.4, -0.2) is 48.6 Å². The molecule has 0 unspecified atom stereocenters. The van der Waals surface area contributed by atoms with Crippen LogP contribution < -0.4 is 10.1 Å². The average molecular weight is 278 g/mol. The zero-order valence-corrected chi connectivity index (χ0v) is 11.5. The number of ether oxygens (including phenoxy) is 1. The maximum absolute atomic E-state index is 12.2. The molecule has 1 aliphatic heterocycles. The number of phenolic OH excluding ortho intramolecular Hbond substituents is 1. The minimum absolute atomic E-state index is 0.0357. The number of hydrogen-bond donors (Lipinski definition) is 2. The van der Waals surface area contributed by atoms with E-state index in [1.165, 1.54) is 12.0 Å². The van der Waals surface area contributed by atoms with Crippen molar-refractivity contribution < 1.29 is 19.4 Å². The molecule has 6 nitrogen and oxygen atoms in total. The quantitative estimate of drug-likeness (QED) is 0.845. The number of para-hydroxylation sites is 1. The lowest BCUT2D eigenvalue weighted by Gasteiger charge is -2.38. The summed E-state index contributed by atoms with van der Waals surface area (Å²) in [5.74, 6) is -0.391. The topological polar surface area (TPSA) is 78.9 Å². The number of carbonyl (C=O) groups is 2. The Morgan fingerprint density at radius 3 is 2.75 bits per heavy atom. The molecule has 0 spiro atoms. The maximum Gasteiger partial charge on any atom is 0.257 e. The third kappa shape index (κ3) is 2.54. The standard InChI is InChI=1S/C14H18N2O4/c1-3-15-13(18)9-7-16(8-9)14(19)10-5-4-6-11(20-2)12(10)17/h4-6,9,17H,3,7-8H2,1-2H3,(H,15,18). The van der Waals surface area contributed by atoms with Gasteiger partial charge in [0.25, 0.3) is 5.91 Å². The molecule has 108 valence electrons. The van der Waals surface area contributed by atoms with Gasteiger partial charge in [0.2, 0.25) is 5.91 Å². The Balaban J connectivity index is 2.03. The average Bonchev–Trinajstić information content (AvgIpc) is 2.37. The molecule has 1 aliphatic rings. The lowest BCUT2D eigenvalue weighted by atomic mass is 9.97. The van der Waals surface area contributed by atoms with Crippen LogP contribution >= 0.6 is 0 Å². The molecule has 6 heteroatoms. The summed E-state index contributed by atoms with van der Waals surface area (Å²) in [5, 5.41) is 12.7. The van der Waals surface area contributed by atoms with Gasteiger partial charge in [-0.3, -0.25) is 9.59 Å². The molecule has 1 heterocycles. The van der Waals surface area contributed by atoms with Crippen molar-refractivity contribution in [2.24, 2.45) is 5.92 Å². The minimum atomic E-state index is -0.290. The number of likely N-dealkylation sites (tertiary alicyclic amines) is 1. The van der Waals surface area contributed by atoms with Gasteiger partial charge >= 0.3 is 0 Å². The first-order valence-electron chi connectivity index (χ1n) is 6.51. The lowest BCUT2D eigenvalue weighted by molar-refractivity contribution is -0.128. The van der Waals surface area contributed by atoms with Gasteiger partial charge in [-0.05, 0) is 19.1 Å². The van der Waals surface area contributed by atoms with Gasteiger partial charge in [-0.15, -0.1) is 0 Å². The van der Waals surface area contributed by atoms with Crippen LogP contribution in [0.5, 0.6) is 11.5 Å². The Bertz CT molecular complexity index is 524. The van der Waals surface area contributed by atoms with Crippen LogP contribution in [0.2, 0.25) is 0 Å². The highest BCUT2D eigenvalue weighted by Gasteiger charge is 2.36. The summed E-state index contributed by atoms with van der Waals surface area (Å²) in [6.45, 7) is 3.19. The Kier molecular flexibility index (Phi) is 4.12. The summed E-state index contributed by atoms with van der Waals surface area (Å²) in [7, 11) is 1.43. The molecule has 0 aromatic heterocycles. The van der Waals surface area contributed by atoms with E-state index in [2.05, 4.69) is 5.32 Å². The number of carbonyl (C=O) groups excluding carboxylic acids is 2. The Hall–Kier alpha value is -2.24.